The largest absolute Gasteiger partial charge is 0.355 e. The highest BCUT2D eigenvalue weighted by Gasteiger charge is 2.15. The number of fused-ring (bicyclic) bond motifs is 1. The number of carbonyl (C=O) groups excluding carboxylic acids is 1. The Morgan fingerprint density at radius 1 is 1.23 bits per heavy atom. The molecule has 8 heteroatoms. The molecule has 0 unspecified atom stereocenters. The van der Waals surface area contributed by atoms with E-state index in [0.717, 1.165) is 28.9 Å². The van der Waals surface area contributed by atoms with Crippen LogP contribution in [0.15, 0.2) is 29.4 Å². The van der Waals surface area contributed by atoms with Gasteiger partial charge in [-0.15, -0.1) is 5.10 Å². The first-order chi connectivity index (χ1) is 12.5. The average molecular weight is 390 g/mol. The fourth-order valence-electron chi connectivity index (χ4n) is 2.75. The summed E-state index contributed by atoms with van der Waals surface area (Å²) in [5, 5.41) is 8.76. The van der Waals surface area contributed by atoms with Gasteiger partial charge in [0, 0.05) is 28.5 Å². The summed E-state index contributed by atoms with van der Waals surface area (Å²) in [6.45, 7) is 4.42. The van der Waals surface area contributed by atoms with Crippen LogP contribution in [-0.4, -0.2) is 38.3 Å². The molecule has 1 N–H and O–H groups in total. The van der Waals surface area contributed by atoms with Crippen LogP contribution in [0.3, 0.4) is 0 Å². The Morgan fingerprint density at radius 2 is 1.96 bits per heavy atom. The van der Waals surface area contributed by atoms with Crippen molar-refractivity contribution in [1.29, 1.82) is 0 Å². The lowest BCUT2D eigenvalue weighted by molar-refractivity contribution is -0.120. The first-order valence-electron chi connectivity index (χ1n) is 8.26. The minimum absolute atomic E-state index is 0.0310. The van der Waals surface area contributed by atoms with Gasteiger partial charge in [-0.2, -0.15) is 4.98 Å². The van der Waals surface area contributed by atoms with Gasteiger partial charge in [0.15, 0.2) is 0 Å². The Bertz CT molecular complexity index is 939. The molecule has 0 aliphatic heterocycles. The number of nitrogens with one attached hydrogen (secondary N) is 1. The summed E-state index contributed by atoms with van der Waals surface area (Å²) in [4.78, 5) is 21.2. The van der Waals surface area contributed by atoms with E-state index in [-0.39, 0.29) is 12.3 Å². The second-order valence-corrected chi connectivity index (χ2v) is 7.18. The monoisotopic (exact) mass is 389 g/mol. The second-order valence-electron chi connectivity index (χ2n) is 5.97. The van der Waals surface area contributed by atoms with E-state index in [4.69, 9.17) is 11.6 Å². The molecule has 0 fully saturated rings. The predicted molar refractivity (Wildman–Crippen MR) is 104 cm³/mol. The first-order valence-corrected chi connectivity index (χ1v) is 9.86. The molecule has 0 bridgehead atoms. The number of benzene rings is 1. The van der Waals surface area contributed by atoms with E-state index in [0.29, 0.717) is 22.5 Å². The van der Waals surface area contributed by atoms with E-state index in [1.807, 2.05) is 44.4 Å². The summed E-state index contributed by atoms with van der Waals surface area (Å²) in [6, 6.07) is 7.64. The predicted octanol–water partition coefficient (Wildman–Crippen LogP) is 3.02. The maximum atomic E-state index is 12.3. The van der Waals surface area contributed by atoms with Crippen LogP contribution in [0.4, 0.5) is 0 Å². The van der Waals surface area contributed by atoms with Gasteiger partial charge < -0.3 is 5.32 Å². The number of hydrogen-bond acceptors (Lipinski definition) is 5. The van der Waals surface area contributed by atoms with E-state index in [1.54, 1.807) is 4.52 Å². The third-order valence-corrected chi connectivity index (χ3v) is 4.99. The van der Waals surface area contributed by atoms with Gasteiger partial charge in [0.2, 0.25) is 11.1 Å². The summed E-state index contributed by atoms with van der Waals surface area (Å²) in [6.07, 6.45) is 2.96. The van der Waals surface area contributed by atoms with Gasteiger partial charge in [-0.05, 0) is 44.2 Å². The number of amides is 1. The maximum absolute atomic E-state index is 12.3. The average Bonchev–Trinajstić information content (AvgIpc) is 3.03. The molecule has 1 aromatic carbocycles. The van der Waals surface area contributed by atoms with Crippen molar-refractivity contribution in [3.05, 3.63) is 51.8 Å². The number of aryl methyl sites for hydroxylation is 2. The van der Waals surface area contributed by atoms with Crippen molar-refractivity contribution in [2.24, 2.45) is 0 Å². The molecule has 3 aromatic rings. The van der Waals surface area contributed by atoms with Crippen LogP contribution in [-0.2, 0) is 17.6 Å². The topological polar surface area (TPSA) is 72.2 Å². The van der Waals surface area contributed by atoms with Gasteiger partial charge >= 0.3 is 0 Å². The number of rotatable bonds is 6. The molecule has 0 aliphatic rings. The summed E-state index contributed by atoms with van der Waals surface area (Å²) in [5.74, 6) is 0.535. The van der Waals surface area contributed by atoms with Crippen molar-refractivity contribution in [2.75, 3.05) is 12.8 Å². The van der Waals surface area contributed by atoms with Gasteiger partial charge in [0.25, 0.3) is 5.78 Å². The molecule has 1 amide bonds. The minimum Gasteiger partial charge on any atom is -0.355 e. The van der Waals surface area contributed by atoms with Crippen LogP contribution < -0.4 is 5.32 Å². The van der Waals surface area contributed by atoms with Crippen molar-refractivity contribution >= 4 is 35.0 Å². The molecule has 0 radical (unpaired) electrons. The van der Waals surface area contributed by atoms with Gasteiger partial charge in [0.1, 0.15) is 0 Å². The van der Waals surface area contributed by atoms with Crippen LogP contribution in [0.5, 0.6) is 0 Å². The van der Waals surface area contributed by atoms with Crippen molar-refractivity contribution < 1.29 is 4.79 Å². The smallest absolute Gasteiger partial charge is 0.253 e. The summed E-state index contributed by atoms with van der Waals surface area (Å²) < 4.78 is 1.70. The molecule has 0 aliphatic carbocycles. The Morgan fingerprint density at radius 3 is 2.65 bits per heavy atom. The van der Waals surface area contributed by atoms with Crippen molar-refractivity contribution in [3.8, 4) is 0 Å². The standard InChI is InChI=1S/C18H20ClN5OS/c1-11-15(12(2)24-17(21-11)22-18(23-24)26-3)10-16(25)20-9-8-13-4-6-14(19)7-5-13/h4-7H,8-10H2,1-3H3,(H,20,25). The lowest BCUT2D eigenvalue weighted by Gasteiger charge is -2.11. The Labute approximate surface area is 161 Å². The first kappa shape index (κ1) is 18.7. The molecular formula is C18H20ClN5OS. The molecule has 0 saturated heterocycles. The number of nitrogens with zero attached hydrogens (tertiary/aromatic N) is 4. The minimum atomic E-state index is -0.0310. The van der Waals surface area contributed by atoms with E-state index >= 15 is 0 Å². The van der Waals surface area contributed by atoms with Crippen LogP contribution in [0.25, 0.3) is 5.78 Å². The molecular weight excluding hydrogens is 370 g/mol. The molecule has 3 rings (SSSR count). The Balaban J connectivity index is 1.66. The van der Waals surface area contributed by atoms with Crippen LogP contribution in [0.2, 0.25) is 5.02 Å². The Hall–Kier alpha value is -2.12. The number of thioether (sulfide) groups is 1. The third kappa shape index (κ3) is 4.16. The fourth-order valence-corrected chi connectivity index (χ4v) is 3.21. The zero-order chi connectivity index (χ0) is 18.7. The lowest BCUT2D eigenvalue weighted by atomic mass is 10.1. The summed E-state index contributed by atoms with van der Waals surface area (Å²) in [5.41, 5.74) is 3.73. The highest BCUT2D eigenvalue weighted by atomic mass is 35.5. The zero-order valence-corrected chi connectivity index (χ0v) is 16.5. The van der Waals surface area contributed by atoms with Crippen molar-refractivity contribution in [3.63, 3.8) is 0 Å². The van der Waals surface area contributed by atoms with Gasteiger partial charge in [-0.3, -0.25) is 4.79 Å². The zero-order valence-electron chi connectivity index (χ0n) is 14.9. The molecule has 2 heterocycles. The number of aromatic nitrogens is 4. The van der Waals surface area contributed by atoms with E-state index in [2.05, 4.69) is 20.4 Å². The van der Waals surface area contributed by atoms with E-state index in [9.17, 15) is 4.79 Å². The Kier molecular flexibility index (Phi) is 5.78. The molecule has 6 nitrogen and oxygen atoms in total. The van der Waals surface area contributed by atoms with Gasteiger partial charge in [0.05, 0.1) is 6.42 Å². The normalized spacial score (nSPS) is 11.1. The molecule has 0 atom stereocenters. The van der Waals surface area contributed by atoms with Crippen molar-refractivity contribution in [2.45, 2.75) is 31.8 Å². The van der Waals surface area contributed by atoms with Crippen LogP contribution >= 0.6 is 23.4 Å². The fraction of sp³-hybridized carbons (Fsp3) is 0.333. The number of hydrogen-bond donors (Lipinski definition) is 1. The number of carbonyl (C=O) groups is 1. The highest BCUT2D eigenvalue weighted by Crippen LogP contribution is 2.17. The van der Waals surface area contributed by atoms with Gasteiger partial charge in [-0.25, -0.2) is 9.50 Å². The molecule has 2 aromatic heterocycles. The van der Waals surface area contributed by atoms with Gasteiger partial charge in [-0.1, -0.05) is 35.5 Å². The van der Waals surface area contributed by atoms with Crippen LogP contribution in [0.1, 0.15) is 22.5 Å². The summed E-state index contributed by atoms with van der Waals surface area (Å²) >= 11 is 7.35. The maximum Gasteiger partial charge on any atom is 0.253 e. The molecule has 26 heavy (non-hydrogen) atoms. The van der Waals surface area contributed by atoms with E-state index in [1.165, 1.54) is 11.8 Å². The molecule has 0 spiro atoms. The van der Waals surface area contributed by atoms with E-state index < -0.39 is 0 Å². The molecule has 0 saturated carbocycles. The second kappa shape index (κ2) is 8.05. The third-order valence-electron chi connectivity index (χ3n) is 4.20. The molecule has 136 valence electrons. The lowest BCUT2D eigenvalue weighted by Crippen LogP contribution is -2.28. The van der Waals surface area contributed by atoms with Crippen LogP contribution in [0, 0.1) is 13.8 Å². The SMILES string of the molecule is CSc1nc2nc(C)c(CC(=O)NCCc3ccc(Cl)cc3)c(C)n2n1. The quantitative estimate of drug-likeness (QED) is 0.656. The number of halogens is 1. The summed E-state index contributed by atoms with van der Waals surface area (Å²) in [7, 11) is 0. The van der Waals surface area contributed by atoms with Crippen molar-refractivity contribution in [1.82, 2.24) is 24.9 Å². The highest BCUT2D eigenvalue weighted by molar-refractivity contribution is 7.98.